The molecule has 2 fully saturated rings. The number of aliphatic carboxylic acids is 2. The Kier molecular flexibility index (Phi) is 47.5. The SMILES string of the molecule is CCCC[C@H](NC(=O)CCOCCOCCOCCOCCOCCOCCNC(=O)C(CNCCN)CNCCN)C(=O)/N=C/C(CSCc1cncc(CSC[C@H](NC(=O)[C@H](Cc2ccccc2)NC(=O)[C@H](CCC(=O)O)NC(=O)[C@@H](C)[C@@H](C)O)C(=O)O)c1)C(=O)N1CCC[C@H]1C(=O)N1CCC[C@H]1C(N)=O. The molecule has 1 unspecified atom stereocenters. The standard InChI is InChI=1S/C72H116N14O20S2/c1-4-5-13-56(81-62(88)18-26-101-28-30-103-32-34-105-36-37-106-35-33-104-31-29-102-27-23-79-66(93)54(42-76-21-19-73)43-77-22-20-74)67(94)80-44-55(70(97)86-25-10-15-61(86)71(98)85-24-9-14-60(85)64(75)91)47-107-45-52-38-53(41-78-40-52)46-108-48-59(72(99)100)84-69(96)58(39-51-11-7-6-8-12-51)83-68(95)57(16-17-63(89)90)82-65(92)49(2)50(3)87/h6-8,11-12,38,40-41,44,49-50,54-61,76-77,87H,4-5,9-10,13-37,39,42-43,45-48,73-74H2,1-3H3,(H2,75,91)(H,79,93)(H,81,88)(H,82,92)(H,83,95)(H,84,96)(H,89,90)(H,99,100)/b80-44+/t49-,50+,55?,56-,57-,58-,59-,60-,61-/m0/s1. The number of rotatable bonds is 60. The highest BCUT2D eigenvalue weighted by Crippen LogP contribution is 2.28. The van der Waals surface area contributed by atoms with Crippen molar-refractivity contribution in [2.24, 2.45) is 39.9 Å². The van der Waals surface area contributed by atoms with Gasteiger partial charge in [-0.15, -0.1) is 0 Å². The lowest BCUT2D eigenvalue weighted by atomic mass is 10.0. The zero-order valence-electron chi connectivity index (χ0n) is 62.5. The van der Waals surface area contributed by atoms with Gasteiger partial charge in [0.15, 0.2) is 0 Å². The first-order chi connectivity index (χ1) is 52.1. The van der Waals surface area contributed by atoms with Gasteiger partial charge in [0, 0.05) is 120 Å². The lowest BCUT2D eigenvalue weighted by Crippen LogP contribution is -2.57. The van der Waals surface area contributed by atoms with Crippen LogP contribution < -0.4 is 54.4 Å². The zero-order valence-corrected chi connectivity index (χ0v) is 64.2. The molecule has 0 spiro atoms. The minimum atomic E-state index is -1.45. The fourth-order valence-electron chi connectivity index (χ4n) is 11.3. The molecule has 16 N–H and O–H groups in total. The van der Waals surface area contributed by atoms with Gasteiger partial charge in [0.1, 0.15) is 36.3 Å². The summed E-state index contributed by atoms with van der Waals surface area (Å²) >= 11 is 2.51. The molecule has 4 rings (SSSR count). The Morgan fingerprint density at radius 1 is 0.620 bits per heavy atom. The van der Waals surface area contributed by atoms with Gasteiger partial charge in [0.25, 0.3) is 5.91 Å². The van der Waals surface area contributed by atoms with E-state index in [-0.39, 0.29) is 87.0 Å². The number of nitrogens with two attached hydrogens (primary N) is 3. The van der Waals surface area contributed by atoms with Gasteiger partial charge in [-0.25, -0.2) is 9.79 Å². The van der Waals surface area contributed by atoms with E-state index in [0.29, 0.717) is 167 Å². The Morgan fingerprint density at radius 3 is 1.71 bits per heavy atom. The number of unbranched alkanes of at least 4 members (excludes halogenated alkanes) is 1. The molecule has 1 aromatic heterocycles. The van der Waals surface area contributed by atoms with Gasteiger partial charge < -0.3 is 108 Å². The molecule has 606 valence electrons. The molecule has 9 amide bonds. The van der Waals surface area contributed by atoms with E-state index in [1.807, 2.05) is 13.0 Å². The molecule has 108 heavy (non-hydrogen) atoms. The third-order valence-electron chi connectivity index (χ3n) is 17.5. The molecule has 0 radical (unpaired) electrons. The van der Waals surface area contributed by atoms with Crippen molar-refractivity contribution in [3.05, 3.63) is 65.5 Å². The lowest BCUT2D eigenvalue weighted by molar-refractivity contribution is -0.146. The van der Waals surface area contributed by atoms with Gasteiger partial charge in [-0.1, -0.05) is 63.1 Å². The number of aromatic nitrogens is 1. The molecule has 2 aliphatic heterocycles. The summed E-state index contributed by atoms with van der Waals surface area (Å²) in [5.74, 6) is -9.49. The summed E-state index contributed by atoms with van der Waals surface area (Å²) in [5, 5.41) is 49.3. The number of benzene rings is 1. The number of carboxylic acids is 2. The molecule has 2 aromatic rings. The van der Waals surface area contributed by atoms with E-state index in [1.54, 1.807) is 42.7 Å². The molecular weight excluding hydrogens is 1450 g/mol. The lowest BCUT2D eigenvalue weighted by Gasteiger charge is -2.31. The van der Waals surface area contributed by atoms with E-state index in [4.69, 9.17) is 45.6 Å². The Bertz CT molecular complexity index is 3070. The molecule has 2 aliphatic rings. The number of amides is 9. The van der Waals surface area contributed by atoms with Gasteiger partial charge in [0.05, 0.1) is 103 Å². The number of primary amides is 1. The van der Waals surface area contributed by atoms with E-state index in [0.717, 1.165) is 5.56 Å². The smallest absolute Gasteiger partial charge is 0.327 e. The van der Waals surface area contributed by atoms with Crippen LogP contribution in [0, 0.1) is 17.8 Å². The van der Waals surface area contributed by atoms with Crippen molar-refractivity contribution in [2.75, 3.05) is 150 Å². The summed E-state index contributed by atoms with van der Waals surface area (Å²) in [6.07, 6.45) is 5.78. The molecule has 0 saturated carbocycles. The molecule has 1 aromatic carbocycles. The number of likely N-dealkylation sites (tertiary alicyclic amines) is 2. The van der Waals surface area contributed by atoms with Crippen LogP contribution in [0.2, 0.25) is 0 Å². The quantitative estimate of drug-likeness (QED) is 0.0276. The minimum Gasteiger partial charge on any atom is -0.481 e. The van der Waals surface area contributed by atoms with Crippen LogP contribution in [0.15, 0.2) is 53.8 Å². The molecule has 0 aliphatic carbocycles. The number of aliphatic imine (C=N–C) groups is 1. The summed E-state index contributed by atoms with van der Waals surface area (Å²) in [6.45, 7) is 12.6. The summed E-state index contributed by atoms with van der Waals surface area (Å²) in [5.41, 5.74) is 18.8. The number of carbonyl (C=O) groups is 11. The number of pyridine rings is 1. The first kappa shape index (κ1) is 93.1. The van der Waals surface area contributed by atoms with Crippen LogP contribution in [0.1, 0.15) is 102 Å². The highest BCUT2D eigenvalue weighted by molar-refractivity contribution is 7.98. The number of hydrogen-bond donors (Lipinski definition) is 13. The maximum atomic E-state index is 14.7. The Morgan fingerprint density at radius 2 is 1.16 bits per heavy atom. The van der Waals surface area contributed by atoms with Crippen LogP contribution in [-0.2, 0) is 99.1 Å². The number of nitrogens with zero attached hydrogens (tertiary/aromatic N) is 4. The average molecular weight is 1560 g/mol. The second-order valence-corrected chi connectivity index (χ2v) is 28.1. The number of aliphatic hydroxyl groups excluding tert-OH is 1. The first-order valence-corrected chi connectivity index (χ1v) is 39.4. The minimum absolute atomic E-state index is 0.0468. The molecule has 34 nitrogen and oxygen atoms in total. The monoisotopic (exact) mass is 1560 g/mol. The zero-order chi connectivity index (χ0) is 78.9. The third kappa shape index (κ3) is 37.4. The van der Waals surface area contributed by atoms with Gasteiger partial charge >= 0.3 is 11.9 Å². The highest BCUT2D eigenvalue weighted by atomic mass is 32.2. The number of carboxylic acid groups (broad SMARTS) is 2. The van der Waals surface area contributed by atoms with Crippen LogP contribution >= 0.6 is 23.5 Å². The highest BCUT2D eigenvalue weighted by Gasteiger charge is 2.43. The number of aliphatic hydroxyl groups is 1. The summed E-state index contributed by atoms with van der Waals surface area (Å²) in [4.78, 5) is 157. The van der Waals surface area contributed by atoms with Crippen LogP contribution in [0.3, 0.4) is 0 Å². The number of ether oxygens (including phenoxy) is 6. The summed E-state index contributed by atoms with van der Waals surface area (Å²) in [7, 11) is 0. The summed E-state index contributed by atoms with van der Waals surface area (Å²) < 4.78 is 33.5. The van der Waals surface area contributed by atoms with Gasteiger partial charge in [0.2, 0.25) is 47.3 Å². The number of nitrogens with one attached hydrogen (secondary N) is 7. The van der Waals surface area contributed by atoms with Crippen molar-refractivity contribution in [1.29, 1.82) is 0 Å². The maximum Gasteiger partial charge on any atom is 0.327 e. The van der Waals surface area contributed by atoms with Gasteiger partial charge in [-0.3, -0.25) is 52.9 Å². The number of carbonyl (C=O) groups excluding carboxylic acids is 9. The average Bonchev–Trinajstić information content (AvgIpc) is 1.65. The molecule has 0 bridgehead atoms. The Hall–Kier alpha value is -7.33. The van der Waals surface area contributed by atoms with Gasteiger partial charge in [-0.2, -0.15) is 23.5 Å². The molecule has 9 atom stereocenters. The molecular formula is C72H116N14O20S2. The molecule has 3 heterocycles. The van der Waals surface area contributed by atoms with Gasteiger partial charge in [-0.05, 0) is 62.1 Å². The van der Waals surface area contributed by atoms with Crippen LogP contribution in [0.4, 0.5) is 0 Å². The van der Waals surface area contributed by atoms with Crippen molar-refractivity contribution in [3.63, 3.8) is 0 Å². The van der Waals surface area contributed by atoms with E-state index < -0.39 is 114 Å². The maximum absolute atomic E-state index is 14.7. The Balaban J connectivity index is 1.26. The number of thioether (sulfide) groups is 2. The molecule has 36 heteroatoms. The summed E-state index contributed by atoms with van der Waals surface area (Å²) in [6, 6.07) is 3.48. The number of hydrogen-bond acceptors (Lipinski definition) is 25. The molecule has 2 saturated heterocycles. The topological polar surface area (TPSA) is 498 Å². The third-order valence-corrected chi connectivity index (χ3v) is 19.7. The predicted molar refractivity (Wildman–Crippen MR) is 405 cm³/mol. The van der Waals surface area contributed by atoms with E-state index in [2.05, 4.69) is 47.2 Å². The van der Waals surface area contributed by atoms with Crippen molar-refractivity contribution in [1.82, 2.24) is 52.0 Å². The second kappa shape index (κ2) is 55.1. The van der Waals surface area contributed by atoms with Crippen LogP contribution in [-0.4, -0.2) is 293 Å². The van der Waals surface area contributed by atoms with Crippen LogP contribution in [0.25, 0.3) is 0 Å². The fraction of sp³-hybridized carbons (Fsp3) is 0.681. The fourth-order valence-corrected chi connectivity index (χ4v) is 13.3. The predicted octanol–water partition coefficient (Wildman–Crippen LogP) is -1.11. The second-order valence-electron chi connectivity index (χ2n) is 26.1. The Labute approximate surface area is 640 Å². The van der Waals surface area contributed by atoms with Crippen molar-refractivity contribution in [3.8, 4) is 0 Å². The van der Waals surface area contributed by atoms with Crippen molar-refractivity contribution >= 4 is 94.8 Å². The normalized spacial score (nSPS) is 16.3. The van der Waals surface area contributed by atoms with E-state index >= 15 is 0 Å². The largest absolute Gasteiger partial charge is 0.481 e. The van der Waals surface area contributed by atoms with E-state index in [1.165, 1.54) is 53.4 Å². The van der Waals surface area contributed by atoms with Crippen LogP contribution in [0.5, 0.6) is 0 Å². The van der Waals surface area contributed by atoms with Crippen molar-refractivity contribution in [2.45, 2.75) is 145 Å². The van der Waals surface area contributed by atoms with Crippen molar-refractivity contribution < 1.29 is 96.5 Å². The van der Waals surface area contributed by atoms with E-state index in [9.17, 15) is 68.1 Å². The first-order valence-electron chi connectivity index (χ1n) is 37.1.